The molecular formula is C14H18. The second-order valence-corrected chi connectivity index (χ2v) is 3.42. The van der Waals surface area contributed by atoms with Crippen molar-refractivity contribution in [1.29, 1.82) is 0 Å². The van der Waals surface area contributed by atoms with Gasteiger partial charge in [-0.1, -0.05) is 56.4 Å². The summed E-state index contributed by atoms with van der Waals surface area (Å²) in [6.45, 7) is 8.06. The molecule has 0 atom stereocenters. The topological polar surface area (TPSA) is 0 Å². The standard InChI is InChI=1S/C14H18/c1-4-7-12-9-10-13(6-3)14(11-12)8-5-2/h5-6,8-11H,3-4,7H2,1-2H3/b8-5-. The minimum absolute atomic E-state index is 1.15. The van der Waals surface area contributed by atoms with E-state index in [-0.39, 0.29) is 0 Å². The van der Waals surface area contributed by atoms with Crippen LogP contribution in [0.1, 0.15) is 37.0 Å². The van der Waals surface area contributed by atoms with Crippen molar-refractivity contribution >= 4 is 12.2 Å². The molecule has 0 N–H and O–H groups in total. The van der Waals surface area contributed by atoms with E-state index in [0.717, 1.165) is 6.42 Å². The highest BCUT2D eigenvalue weighted by molar-refractivity contribution is 5.65. The Kier molecular flexibility index (Phi) is 4.18. The van der Waals surface area contributed by atoms with Crippen molar-refractivity contribution in [1.82, 2.24) is 0 Å². The van der Waals surface area contributed by atoms with Crippen LogP contribution in [0.4, 0.5) is 0 Å². The zero-order chi connectivity index (χ0) is 10.4. The van der Waals surface area contributed by atoms with Gasteiger partial charge in [-0.15, -0.1) is 0 Å². The lowest BCUT2D eigenvalue weighted by molar-refractivity contribution is 0.921. The first kappa shape index (κ1) is 10.8. The normalized spacial score (nSPS) is 10.7. The Labute approximate surface area is 87.0 Å². The van der Waals surface area contributed by atoms with Gasteiger partial charge >= 0.3 is 0 Å². The Bertz CT molecular complexity index is 332. The quantitative estimate of drug-likeness (QED) is 0.657. The van der Waals surface area contributed by atoms with Gasteiger partial charge in [0.25, 0.3) is 0 Å². The lowest BCUT2D eigenvalue weighted by atomic mass is 10.0. The number of rotatable bonds is 4. The molecule has 0 spiro atoms. The van der Waals surface area contributed by atoms with Gasteiger partial charge < -0.3 is 0 Å². The Morgan fingerprint density at radius 3 is 2.64 bits per heavy atom. The summed E-state index contributed by atoms with van der Waals surface area (Å²) >= 11 is 0. The SMILES string of the molecule is C=Cc1ccc(CCC)cc1/C=C\C. The monoisotopic (exact) mass is 186 g/mol. The van der Waals surface area contributed by atoms with E-state index in [4.69, 9.17) is 0 Å². The van der Waals surface area contributed by atoms with E-state index in [2.05, 4.69) is 43.9 Å². The first-order chi connectivity index (χ1) is 6.81. The fraction of sp³-hybridized carbons (Fsp3) is 0.286. The number of hydrogen-bond acceptors (Lipinski definition) is 0. The molecule has 74 valence electrons. The fourth-order valence-corrected chi connectivity index (χ4v) is 1.58. The summed E-state index contributed by atoms with van der Waals surface area (Å²) in [5, 5.41) is 0. The fourth-order valence-electron chi connectivity index (χ4n) is 1.58. The van der Waals surface area contributed by atoms with Crippen LogP contribution in [0, 0.1) is 0 Å². The van der Waals surface area contributed by atoms with Gasteiger partial charge in [0.1, 0.15) is 0 Å². The van der Waals surface area contributed by atoms with Crippen LogP contribution >= 0.6 is 0 Å². The van der Waals surface area contributed by atoms with Crippen LogP contribution in [-0.4, -0.2) is 0 Å². The van der Waals surface area contributed by atoms with Crippen molar-refractivity contribution in [3.63, 3.8) is 0 Å². The van der Waals surface area contributed by atoms with Gasteiger partial charge in [-0.3, -0.25) is 0 Å². The summed E-state index contributed by atoms with van der Waals surface area (Å²) in [5.41, 5.74) is 3.89. The van der Waals surface area contributed by atoms with Crippen molar-refractivity contribution in [2.75, 3.05) is 0 Å². The van der Waals surface area contributed by atoms with Crippen LogP contribution in [0.3, 0.4) is 0 Å². The molecule has 0 aliphatic heterocycles. The van der Waals surface area contributed by atoms with E-state index in [1.807, 2.05) is 13.0 Å². The third-order valence-corrected chi connectivity index (χ3v) is 2.26. The second-order valence-electron chi connectivity index (χ2n) is 3.42. The van der Waals surface area contributed by atoms with Gasteiger partial charge in [0.2, 0.25) is 0 Å². The van der Waals surface area contributed by atoms with Gasteiger partial charge in [0.05, 0.1) is 0 Å². The van der Waals surface area contributed by atoms with Gasteiger partial charge in [-0.25, -0.2) is 0 Å². The molecule has 0 aromatic heterocycles. The first-order valence-corrected chi connectivity index (χ1v) is 5.19. The molecule has 0 amide bonds. The van der Waals surface area contributed by atoms with Crippen molar-refractivity contribution in [2.45, 2.75) is 26.7 Å². The average molecular weight is 186 g/mol. The van der Waals surface area contributed by atoms with Crippen molar-refractivity contribution < 1.29 is 0 Å². The molecule has 14 heavy (non-hydrogen) atoms. The smallest absolute Gasteiger partial charge is 0.0185 e. The zero-order valence-corrected chi connectivity index (χ0v) is 9.09. The predicted octanol–water partition coefficient (Wildman–Crippen LogP) is 4.32. The summed E-state index contributed by atoms with van der Waals surface area (Å²) in [7, 11) is 0. The largest absolute Gasteiger partial charge is 0.0984 e. The third-order valence-electron chi connectivity index (χ3n) is 2.26. The lowest BCUT2D eigenvalue weighted by Gasteiger charge is -2.04. The Morgan fingerprint density at radius 1 is 1.29 bits per heavy atom. The van der Waals surface area contributed by atoms with Crippen LogP contribution < -0.4 is 0 Å². The Morgan fingerprint density at radius 2 is 2.07 bits per heavy atom. The summed E-state index contributed by atoms with van der Waals surface area (Å²) in [4.78, 5) is 0. The summed E-state index contributed by atoms with van der Waals surface area (Å²) in [5.74, 6) is 0. The van der Waals surface area contributed by atoms with Gasteiger partial charge in [-0.2, -0.15) is 0 Å². The number of aryl methyl sites for hydroxylation is 1. The maximum Gasteiger partial charge on any atom is -0.0185 e. The molecule has 0 aliphatic carbocycles. The van der Waals surface area contributed by atoms with Crippen LogP contribution in [0.5, 0.6) is 0 Å². The predicted molar refractivity (Wildman–Crippen MR) is 65.2 cm³/mol. The third kappa shape index (κ3) is 2.59. The zero-order valence-electron chi connectivity index (χ0n) is 9.09. The summed E-state index contributed by atoms with van der Waals surface area (Å²) in [6.07, 6.45) is 8.46. The van der Waals surface area contributed by atoms with Crippen LogP contribution in [-0.2, 0) is 6.42 Å². The van der Waals surface area contributed by atoms with Crippen molar-refractivity contribution in [3.05, 3.63) is 47.5 Å². The lowest BCUT2D eigenvalue weighted by Crippen LogP contribution is -1.87. The number of benzene rings is 1. The molecule has 0 saturated carbocycles. The van der Waals surface area contributed by atoms with Gasteiger partial charge in [-0.05, 0) is 30.0 Å². The number of allylic oxidation sites excluding steroid dienone is 1. The van der Waals surface area contributed by atoms with Crippen LogP contribution in [0.25, 0.3) is 12.2 Å². The highest BCUT2D eigenvalue weighted by Gasteiger charge is 1.97. The molecule has 1 rings (SSSR count). The summed E-state index contributed by atoms with van der Waals surface area (Å²) < 4.78 is 0. The molecular weight excluding hydrogens is 168 g/mol. The average Bonchev–Trinajstić information content (AvgIpc) is 2.19. The molecule has 0 saturated heterocycles. The van der Waals surface area contributed by atoms with Crippen LogP contribution in [0.2, 0.25) is 0 Å². The van der Waals surface area contributed by atoms with Crippen LogP contribution in [0.15, 0.2) is 30.9 Å². The minimum atomic E-state index is 1.15. The molecule has 1 aromatic rings. The van der Waals surface area contributed by atoms with E-state index in [9.17, 15) is 0 Å². The van der Waals surface area contributed by atoms with Gasteiger partial charge in [0.15, 0.2) is 0 Å². The maximum absolute atomic E-state index is 3.82. The molecule has 0 radical (unpaired) electrons. The van der Waals surface area contributed by atoms with Crippen molar-refractivity contribution in [2.24, 2.45) is 0 Å². The van der Waals surface area contributed by atoms with E-state index in [1.54, 1.807) is 0 Å². The van der Waals surface area contributed by atoms with E-state index in [0.29, 0.717) is 0 Å². The highest BCUT2D eigenvalue weighted by atomic mass is 14.0. The molecule has 0 bridgehead atoms. The first-order valence-electron chi connectivity index (χ1n) is 5.19. The summed E-state index contributed by atoms with van der Waals surface area (Å²) in [6, 6.07) is 6.58. The molecule has 0 nitrogen and oxygen atoms in total. The molecule has 0 heteroatoms. The van der Waals surface area contributed by atoms with E-state index in [1.165, 1.54) is 23.1 Å². The van der Waals surface area contributed by atoms with Crippen molar-refractivity contribution in [3.8, 4) is 0 Å². The Hall–Kier alpha value is -1.30. The molecule has 0 unspecified atom stereocenters. The number of hydrogen-bond donors (Lipinski definition) is 0. The Balaban J connectivity index is 3.06. The maximum atomic E-state index is 3.82. The molecule has 0 aliphatic rings. The van der Waals surface area contributed by atoms with Gasteiger partial charge in [0, 0.05) is 0 Å². The highest BCUT2D eigenvalue weighted by Crippen LogP contribution is 2.16. The van der Waals surface area contributed by atoms with E-state index < -0.39 is 0 Å². The molecule has 1 aromatic carbocycles. The molecule has 0 fully saturated rings. The minimum Gasteiger partial charge on any atom is -0.0984 e. The molecule has 0 heterocycles. The van der Waals surface area contributed by atoms with E-state index >= 15 is 0 Å². The second kappa shape index (κ2) is 5.43.